The third kappa shape index (κ3) is 5.54. The molecule has 1 aromatic rings. The van der Waals surface area contributed by atoms with Gasteiger partial charge in [-0.15, -0.1) is 0 Å². The summed E-state index contributed by atoms with van der Waals surface area (Å²) in [5, 5.41) is 0. The lowest BCUT2D eigenvalue weighted by atomic mass is 10.2. The molecule has 98 valence electrons. The lowest BCUT2D eigenvalue weighted by Gasteiger charge is -2.22. The van der Waals surface area contributed by atoms with Gasteiger partial charge in [-0.25, -0.2) is 4.39 Å². The first-order valence-electron chi connectivity index (χ1n) is 5.91. The van der Waals surface area contributed by atoms with Crippen molar-refractivity contribution in [1.82, 2.24) is 4.90 Å². The molecule has 17 heavy (non-hydrogen) atoms. The minimum absolute atomic E-state index is 0.254. The highest BCUT2D eigenvalue weighted by molar-refractivity contribution is 5.67. The first-order chi connectivity index (χ1) is 8.00. The molecule has 0 spiro atoms. The Bertz CT molecular complexity index is 326. The van der Waals surface area contributed by atoms with Crippen LogP contribution in [0.25, 0.3) is 0 Å². The second-order valence-electron chi connectivity index (χ2n) is 3.93. The summed E-state index contributed by atoms with van der Waals surface area (Å²) in [6.45, 7) is 5.73. The van der Waals surface area contributed by atoms with Gasteiger partial charge < -0.3 is 15.5 Å². The molecule has 0 aliphatic carbocycles. The number of halogens is 1. The average molecular weight is 241 g/mol. The van der Waals surface area contributed by atoms with E-state index in [1.54, 1.807) is 6.07 Å². The maximum Gasteiger partial charge on any atom is 0.125 e. The van der Waals surface area contributed by atoms with Crippen molar-refractivity contribution in [2.24, 2.45) is 0 Å². The van der Waals surface area contributed by atoms with Gasteiger partial charge >= 0.3 is 0 Å². The molecule has 4 heteroatoms. The molecule has 3 nitrogen and oxygen atoms in total. The van der Waals surface area contributed by atoms with Crippen molar-refractivity contribution in [1.29, 1.82) is 0 Å². The summed E-state index contributed by atoms with van der Waals surface area (Å²) in [6.07, 6.45) is 0. The number of nitrogens with zero attached hydrogens (tertiary/aromatic N) is 2. The van der Waals surface area contributed by atoms with Crippen molar-refractivity contribution in [2.45, 2.75) is 13.8 Å². The molecule has 2 N–H and O–H groups in total. The maximum atomic E-state index is 13.0. The normalized spacial score (nSPS) is 9.82. The number of hydrogen-bond acceptors (Lipinski definition) is 3. The first-order valence-corrected chi connectivity index (χ1v) is 5.91. The van der Waals surface area contributed by atoms with Crippen LogP contribution in [0.15, 0.2) is 18.2 Å². The Hall–Kier alpha value is -1.29. The van der Waals surface area contributed by atoms with Crippen molar-refractivity contribution in [3.05, 3.63) is 24.0 Å². The van der Waals surface area contributed by atoms with E-state index >= 15 is 0 Å². The monoisotopic (exact) mass is 241 g/mol. The highest BCUT2D eigenvalue weighted by Gasteiger charge is 2.06. The van der Waals surface area contributed by atoms with E-state index in [0.717, 1.165) is 18.8 Å². The van der Waals surface area contributed by atoms with Crippen LogP contribution in [0.2, 0.25) is 0 Å². The fourth-order valence-corrected chi connectivity index (χ4v) is 1.32. The van der Waals surface area contributed by atoms with Crippen LogP contribution in [-0.2, 0) is 0 Å². The number of benzene rings is 1. The average Bonchev–Trinajstić information content (AvgIpc) is 2.31. The molecule has 0 heterocycles. The van der Waals surface area contributed by atoms with Crippen LogP contribution in [0.3, 0.4) is 0 Å². The van der Waals surface area contributed by atoms with Crippen LogP contribution in [-0.4, -0.2) is 39.1 Å². The van der Waals surface area contributed by atoms with Gasteiger partial charge in [0.15, 0.2) is 0 Å². The van der Waals surface area contributed by atoms with Gasteiger partial charge in [0, 0.05) is 20.1 Å². The van der Waals surface area contributed by atoms with Crippen molar-refractivity contribution in [2.75, 3.05) is 44.9 Å². The van der Waals surface area contributed by atoms with Gasteiger partial charge in [-0.3, -0.25) is 0 Å². The summed E-state index contributed by atoms with van der Waals surface area (Å²) in [7, 11) is 5.92. The number of anilines is 2. The highest BCUT2D eigenvalue weighted by atomic mass is 19.1. The summed E-state index contributed by atoms with van der Waals surface area (Å²) < 4.78 is 13.0. The van der Waals surface area contributed by atoms with E-state index in [1.165, 1.54) is 12.1 Å². The Morgan fingerprint density at radius 2 is 1.71 bits per heavy atom. The Morgan fingerprint density at radius 1 is 1.12 bits per heavy atom. The summed E-state index contributed by atoms with van der Waals surface area (Å²) >= 11 is 0. The molecule has 1 aromatic carbocycles. The second kappa shape index (κ2) is 7.90. The molecular formula is C13H24FN3. The van der Waals surface area contributed by atoms with Crippen molar-refractivity contribution in [3.63, 3.8) is 0 Å². The smallest absolute Gasteiger partial charge is 0.125 e. The van der Waals surface area contributed by atoms with E-state index in [0.29, 0.717) is 5.69 Å². The molecule has 0 saturated carbocycles. The maximum absolute atomic E-state index is 13.0. The van der Waals surface area contributed by atoms with E-state index in [9.17, 15) is 4.39 Å². The fourth-order valence-electron chi connectivity index (χ4n) is 1.32. The highest BCUT2D eigenvalue weighted by Crippen LogP contribution is 2.22. The Balaban J connectivity index is 0.00000121. The number of likely N-dealkylation sites (N-methyl/N-ethyl adjacent to an activating group) is 2. The molecule has 0 aliphatic heterocycles. The minimum atomic E-state index is -0.254. The van der Waals surface area contributed by atoms with Gasteiger partial charge in [-0.1, -0.05) is 13.8 Å². The van der Waals surface area contributed by atoms with Gasteiger partial charge in [-0.2, -0.15) is 0 Å². The topological polar surface area (TPSA) is 32.5 Å². The van der Waals surface area contributed by atoms with Crippen molar-refractivity contribution >= 4 is 11.4 Å². The molecule has 0 radical (unpaired) electrons. The lowest BCUT2D eigenvalue weighted by molar-refractivity contribution is 0.416. The summed E-state index contributed by atoms with van der Waals surface area (Å²) in [5.41, 5.74) is 7.13. The fraction of sp³-hybridized carbons (Fsp3) is 0.538. The van der Waals surface area contributed by atoms with Gasteiger partial charge in [0.2, 0.25) is 0 Å². The van der Waals surface area contributed by atoms with E-state index in [-0.39, 0.29) is 5.82 Å². The molecule has 0 aliphatic rings. The van der Waals surface area contributed by atoms with E-state index in [1.807, 2.05) is 39.9 Å². The van der Waals surface area contributed by atoms with Gasteiger partial charge in [0.1, 0.15) is 5.82 Å². The van der Waals surface area contributed by atoms with Crippen LogP contribution in [0.4, 0.5) is 15.8 Å². The van der Waals surface area contributed by atoms with Crippen LogP contribution in [0, 0.1) is 5.82 Å². The number of rotatable bonds is 4. The van der Waals surface area contributed by atoms with E-state index in [4.69, 9.17) is 5.73 Å². The van der Waals surface area contributed by atoms with Crippen LogP contribution in [0.1, 0.15) is 13.8 Å². The summed E-state index contributed by atoms with van der Waals surface area (Å²) in [4.78, 5) is 4.03. The number of hydrogen-bond donors (Lipinski definition) is 1. The zero-order valence-corrected chi connectivity index (χ0v) is 11.5. The van der Waals surface area contributed by atoms with Crippen molar-refractivity contribution in [3.8, 4) is 0 Å². The molecule has 0 saturated heterocycles. The third-order valence-corrected chi connectivity index (χ3v) is 2.29. The van der Waals surface area contributed by atoms with Crippen LogP contribution >= 0.6 is 0 Å². The predicted octanol–water partition coefficient (Wildman–Crippen LogP) is 2.43. The Kier molecular flexibility index (Phi) is 7.30. The van der Waals surface area contributed by atoms with Gasteiger partial charge in [0.05, 0.1) is 11.4 Å². The predicted molar refractivity (Wildman–Crippen MR) is 74.0 cm³/mol. The summed E-state index contributed by atoms with van der Waals surface area (Å²) in [5.74, 6) is -0.254. The van der Waals surface area contributed by atoms with E-state index in [2.05, 4.69) is 4.90 Å². The minimum Gasteiger partial charge on any atom is -0.397 e. The molecule has 0 unspecified atom stereocenters. The third-order valence-electron chi connectivity index (χ3n) is 2.29. The molecule has 0 bridgehead atoms. The number of nitrogens with two attached hydrogens (primary N) is 1. The van der Waals surface area contributed by atoms with Gasteiger partial charge in [-0.05, 0) is 32.3 Å². The zero-order valence-electron chi connectivity index (χ0n) is 11.5. The van der Waals surface area contributed by atoms with Crippen LogP contribution < -0.4 is 10.6 Å². The molecular weight excluding hydrogens is 217 g/mol. The largest absolute Gasteiger partial charge is 0.397 e. The Morgan fingerprint density at radius 3 is 2.24 bits per heavy atom. The molecule has 0 aromatic heterocycles. The van der Waals surface area contributed by atoms with Crippen LogP contribution in [0.5, 0.6) is 0 Å². The Labute approximate surface area is 104 Å². The SMILES string of the molecule is CC.CN(C)CCN(C)c1cc(F)ccc1N. The zero-order chi connectivity index (χ0) is 13.4. The van der Waals surface area contributed by atoms with Crippen molar-refractivity contribution < 1.29 is 4.39 Å². The number of nitrogen functional groups attached to an aromatic ring is 1. The molecule has 1 rings (SSSR count). The molecule has 0 amide bonds. The standard InChI is InChI=1S/C11H18FN3.C2H6/c1-14(2)6-7-15(3)11-8-9(12)4-5-10(11)13;1-2/h4-5,8H,6-7,13H2,1-3H3;1-2H3. The molecule has 0 atom stereocenters. The summed E-state index contributed by atoms with van der Waals surface area (Å²) in [6, 6.07) is 4.43. The molecule has 0 fully saturated rings. The first kappa shape index (κ1) is 15.7. The quantitative estimate of drug-likeness (QED) is 0.822. The van der Waals surface area contributed by atoms with Gasteiger partial charge in [0.25, 0.3) is 0 Å². The lowest BCUT2D eigenvalue weighted by Crippen LogP contribution is -2.29. The van der Waals surface area contributed by atoms with E-state index < -0.39 is 0 Å². The second-order valence-corrected chi connectivity index (χ2v) is 3.93.